The molecule has 1 aromatic rings. The molecule has 1 aliphatic rings. The molecule has 0 spiro atoms. The summed E-state index contributed by atoms with van der Waals surface area (Å²) in [7, 11) is 0. The summed E-state index contributed by atoms with van der Waals surface area (Å²) < 4.78 is 5.41. The molecule has 0 aliphatic heterocycles. The summed E-state index contributed by atoms with van der Waals surface area (Å²) in [4.78, 5) is 11.4. The van der Waals surface area contributed by atoms with Crippen LogP contribution < -0.4 is 0 Å². The van der Waals surface area contributed by atoms with E-state index < -0.39 is 0 Å². The Morgan fingerprint density at radius 2 is 1.95 bits per heavy atom. The molecule has 0 saturated heterocycles. The standard InChI is InChI=1S/C19H23NO2/c1-2-3-19(21)22-18-12-10-16(11-13-18)5-4-15-6-8-17(14-20)9-7-15/h2-3,6-9,16,18H,4-5,10-13H2,1H3/b3-2+. The van der Waals surface area contributed by atoms with Crippen molar-refractivity contribution in [2.45, 2.75) is 51.6 Å². The van der Waals surface area contributed by atoms with Crippen LogP contribution in [-0.2, 0) is 16.0 Å². The molecule has 2 rings (SSSR count). The van der Waals surface area contributed by atoms with Gasteiger partial charge in [0.1, 0.15) is 6.10 Å². The smallest absolute Gasteiger partial charge is 0.330 e. The lowest BCUT2D eigenvalue weighted by Crippen LogP contribution is -2.24. The molecule has 0 heterocycles. The highest BCUT2D eigenvalue weighted by atomic mass is 16.5. The van der Waals surface area contributed by atoms with Crippen molar-refractivity contribution >= 4 is 5.97 Å². The van der Waals surface area contributed by atoms with E-state index in [1.807, 2.05) is 31.2 Å². The van der Waals surface area contributed by atoms with E-state index in [-0.39, 0.29) is 12.1 Å². The number of benzene rings is 1. The first kappa shape index (κ1) is 16.3. The number of rotatable bonds is 5. The Hall–Kier alpha value is -2.08. The van der Waals surface area contributed by atoms with E-state index in [1.54, 1.807) is 6.08 Å². The zero-order valence-corrected chi connectivity index (χ0v) is 13.1. The quantitative estimate of drug-likeness (QED) is 0.605. The molecule has 1 aliphatic carbocycles. The van der Waals surface area contributed by atoms with Gasteiger partial charge in [0.25, 0.3) is 0 Å². The Kier molecular flexibility index (Phi) is 6.21. The molecule has 3 nitrogen and oxygen atoms in total. The van der Waals surface area contributed by atoms with Gasteiger partial charge in [-0.3, -0.25) is 0 Å². The molecular weight excluding hydrogens is 274 g/mol. The molecule has 0 atom stereocenters. The van der Waals surface area contributed by atoms with Gasteiger partial charge >= 0.3 is 5.97 Å². The third-order valence-electron chi connectivity index (χ3n) is 4.30. The van der Waals surface area contributed by atoms with Crippen LogP contribution in [0.4, 0.5) is 0 Å². The monoisotopic (exact) mass is 297 g/mol. The van der Waals surface area contributed by atoms with Crippen LogP contribution >= 0.6 is 0 Å². The first-order valence-corrected chi connectivity index (χ1v) is 8.03. The summed E-state index contributed by atoms with van der Waals surface area (Å²) in [6.45, 7) is 1.82. The van der Waals surface area contributed by atoms with Gasteiger partial charge in [-0.1, -0.05) is 18.2 Å². The van der Waals surface area contributed by atoms with E-state index in [2.05, 4.69) is 6.07 Å². The lowest BCUT2D eigenvalue weighted by molar-refractivity contribution is -0.144. The fourth-order valence-corrected chi connectivity index (χ4v) is 2.99. The van der Waals surface area contributed by atoms with Gasteiger partial charge in [-0.15, -0.1) is 0 Å². The van der Waals surface area contributed by atoms with Gasteiger partial charge in [0, 0.05) is 6.08 Å². The number of hydrogen-bond donors (Lipinski definition) is 0. The third kappa shape index (κ3) is 5.04. The van der Waals surface area contributed by atoms with E-state index in [0.29, 0.717) is 11.5 Å². The molecule has 0 bridgehead atoms. The SMILES string of the molecule is C/C=C/C(=O)OC1CCC(CCc2ccc(C#N)cc2)CC1. The predicted molar refractivity (Wildman–Crippen MR) is 86.1 cm³/mol. The molecule has 1 fully saturated rings. The normalized spacial score (nSPS) is 21.5. The molecule has 0 amide bonds. The lowest BCUT2D eigenvalue weighted by atomic mass is 9.83. The molecule has 1 aromatic carbocycles. The van der Waals surface area contributed by atoms with E-state index >= 15 is 0 Å². The zero-order valence-electron chi connectivity index (χ0n) is 13.1. The summed E-state index contributed by atoms with van der Waals surface area (Å²) >= 11 is 0. The summed E-state index contributed by atoms with van der Waals surface area (Å²) in [6.07, 6.45) is 9.72. The molecule has 116 valence electrons. The van der Waals surface area contributed by atoms with Crippen molar-refractivity contribution in [1.29, 1.82) is 5.26 Å². The lowest BCUT2D eigenvalue weighted by Gasteiger charge is -2.28. The number of nitrogens with zero attached hydrogens (tertiary/aromatic N) is 1. The van der Waals surface area contributed by atoms with Crippen molar-refractivity contribution in [1.82, 2.24) is 0 Å². The molecule has 0 unspecified atom stereocenters. The Labute approximate surface area is 132 Å². The minimum absolute atomic E-state index is 0.0925. The Morgan fingerprint density at radius 3 is 2.55 bits per heavy atom. The van der Waals surface area contributed by atoms with Gasteiger partial charge in [0.05, 0.1) is 11.6 Å². The van der Waals surface area contributed by atoms with Crippen molar-refractivity contribution in [3.63, 3.8) is 0 Å². The molecule has 3 heteroatoms. The van der Waals surface area contributed by atoms with Crippen molar-refractivity contribution in [2.75, 3.05) is 0 Å². The van der Waals surface area contributed by atoms with Crippen molar-refractivity contribution in [2.24, 2.45) is 5.92 Å². The molecule has 1 saturated carbocycles. The number of hydrogen-bond acceptors (Lipinski definition) is 3. The number of ether oxygens (including phenoxy) is 1. The van der Waals surface area contributed by atoms with Crippen molar-refractivity contribution in [3.8, 4) is 6.07 Å². The minimum Gasteiger partial charge on any atom is -0.459 e. The third-order valence-corrected chi connectivity index (χ3v) is 4.30. The highest BCUT2D eigenvalue weighted by molar-refractivity contribution is 5.81. The van der Waals surface area contributed by atoms with E-state index in [1.165, 1.54) is 18.1 Å². The van der Waals surface area contributed by atoms with Crippen LogP contribution in [0.2, 0.25) is 0 Å². The Morgan fingerprint density at radius 1 is 1.27 bits per heavy atom. The fraction of sp³-hybridized carbons (Fsp3) is 0.474. The topological polar surface area (TPSA) is 50.1 Å². The number of nitriles is 1. The zero-order chi connectivity index (χ0) is 15.8. The van der Waals surface area contributed by atoms with Crippen LogP contribution in [0.15, 0.2) is 36.4 Å². The Bertz CT molecular complexity index is 546. The van der Waals surface area contributed by atoms with E-state index in [4.69, 9.17) is 10.00 Å². The van der Waals surface area contributed by atoms with Gasteiger partial charge in [0.15, 0.2) is 0 Å². The maximum absolute atomic E-state index is 11.4. The van der Waals surface area contributed by atoms with Crippen molar-refractivity contribution in [3.05, 3.63) is 47.5 Å². The summed E-state index contributed by atoms with van der Waals surface area (Å²) in [5, 5.41) is 8.79. The molecule has 0 radical (unpaired) electrons. The average Bonchev–Trinajstić information content (AvgIpc) is 2.55. The Balaban J connectivity index is 1.71. The summed E-state index contributed by atoms with van der Waals surface area (Å²) in [6, 6.07) is 10.00. The number of carbonyl (C=O) groups is 1. The second-order valence-electron chi connectivity index (χ2n) is 5.93. The van der Waals surface area contributed by atoms with Crippen LogP contribution in [0, 0.1) is 17.2 Å². The maximum Gasteiger partial charge on any atom is 0.330 e. The number of carbonyl (C=O) groups excluding carboxylic acids is 1. The second kappa shape index (κ2) is 8.38. The molecule has 0 aromatic heterocycles. The van der Waals surface area contributed by atoms with Gasteiger partial charge < -0.3 is 4.74 Å². The van der Waals surface area contributed by atoms with Crippen molar-refractivity contribution < 1.29 is 9.53 Å². The number of esters is 1. The van der Waals surface area contributed by atoms with Crippen LogP contribution in [0.25, 0.3) is 0 Å². The van der Waals surface area contributed by atoms with Gasteiger partial charge in [-0.05, 0) is 69.1 Å². The van der Waals surface area contributed by atoms with Crippen LogP contribution in [0.1, 0.15) is 50.2 Å². The maximum atomic E-state index is 11.4. The average molecular weight is 297 g/mol. The molecule has 0 N–H and O–H groups in total. The molecule has 22 heavy (non-hydrogen) atoms. The largest absolute Gasteiger partial charge is 0.459 e. The summed E-state index contributed by atoms with van der Waals surface area (Å²) in [5.41, 5.74) is 2.01. The van der Waals surface area contributed by atoms with Gasteiger partial charge in [-0.2, -0.15) is 5.26 Å². The van der Waals surface area contributed by atoms with Gasteiger partial charge in [-0.25, -0.2) is 4.79 Å². The van der Waals surface area contributed by atoms with Gasteiger partial charge in [0.2, 0.25) is 0 Å². The summed E-state index contributed by atoms with van der Waals surface area (Å²) in [5.74, 6) is 0.496. The second-order valence-corrected chi connectivity index (χ2v) is 5.93. The molecular formula is C19H23NO2. The number of aryl methyl sites for hydroxylation is 1. The van der Waals surface area contributed by atoms with E-state index in [0.717, 1.165) is 32.1 Å². The minimum atomic E-state index is -0.219. The fourth-order valence-electron chi connectivity index (χ4n) is 2.99. The number of allylic oxidation sites excluding steroid dienone is 1. The van der Waals surface area contributed by atoms with Crippen LogP contribution in [0.3, 0.4) is 0 Å². The highest BCUT2D eigenvalue weighted by Gasteiger charge is 2.23. The van der Waals surface area contributed by atoms with Crippen LogP contribution in [0.5, 0.6) is 0 Å². The van der Waals surface area contributed by atoms with Crippen LogP contribution in [-0.4, -0.2) is 12.1 Å². The highest BCUT2D eigenvalue weighted by Crippen LogP contribution is 2.29. The first-order valence-electron chi connectivity index (χ1n) is 8.03. The predicted octanol–water partition coefficient (Wildman–Crippen LogP) is 4.17. The first-order chi connectivity index (χ1) is 10.7. The van der Waals surface area contributed by atoms with E-state index in [9.17, 15) is 4.79 Å².